The van der Waals surface area contributed by atoms with Gasteiger partial charge in [-0.3, -0.25) is 0 Å². The Morgan fingerprint density at radius 3 is 2.41 bits per heavy atom. The van der Waals surface area contributed by atoms with Gasteiger partial charge in [0.1, 0.15) is 11.6 Å². The lowest BCUT2D eigenvalue weighted by Crippen LogP contribution is -2.19. The molecule has 0 radical (unpaired) electrons. The second-order valence-electron chi connectivity index (χ2n) is 7.44. The molecule has 0 saturated heterocycles. The molecule has 0 amide bonds. The number of benzene rings is 2. The van der Waals surface area contributed by atoms with Crippen LogP contribution in [0.3, 0.4) is 0 Å². The van der Waals surface area contributed by atoms with Crippen LogP contribution < -0.4 is 4.90 Å². The Labute approximate surface area is 169 Å². The zero-order valence-electron chi connectivity index (χ0n) is 16.8. The standard InChI is InChI=1S/C24H23F2N3/c1-16-17(2)29(15-19-5-4-6-21(26)13-19)23-22(16)11-12-27-24(23)28(3)14-18-7-9-20(25)10-8-18/h4-13H,14-15H2,1-3H3. The minimum atomic E-state index is -0.244. The van der Waals surface area contributed by atoms with Crippen LogP contribution in [0.5, 0.6) is 0 Å². The molecule has 0 fully saturated rings. The summed E-state index contributed by atoms with van der Waals surface area (Å²) < 4.78 is 29.1. The summed E-state index contributed by atoms with van der Waals surface area (Å²) in [5.74, 6) is 0.367. The van der Waals surface area contributed by atoms with Gasteiger partial charge in [-0.1, -0.05) is 24.3 Å². The number of nitrogens with zero attached hydrogens (tertiary/aromatic N) is 3. The third kappa shape index (κ3) is 3.73. The Kier molecular flexibility index (Phi) is 5.05. The Balaban J connectivity index is 1.78. The van der Waals surface area contributed by atoms with E-state index in [9.17, 15) is 8.78 Å². The van der Waals surface area contributed by atoms with Crippen molar-refractivity contribution in [3.05, 3.63) is 94.8 Å². The summed E-state index contributed by atoms with van der Waals surface area (Å²) in [4.78, 5) is 6.72. The maximum atomic E-state index is 13.7. The molecule has 2 aromatic carbocycles. The highest BCUT2D eigenvalue weighted by Crippen LogP contribution is 2.32. The third-order valence-electron chi connectivity index (χ3n) is 5.45. The first kappa shape index (κ1) is 19.1. The maximum Gasteiger partial charge on any atom is 0.153 e. The largest absolute Gasteiger partial charge is 0.354 e. The summed E-state index contributed by atoms with van der Waals surface area (Å²) in [5.41, 5.74) is 5.26. The monoisotopic (exact) mass is 391 g/mol. The topological polar surface area (TPSA) is 21.1 Å². The molecule has 0 saturated carbocycles. The van der Waals surface area contributed by atoms with Crippen molar-refractivity contribution in [2.75, 3.05) is 11.9 Å². The van der Waals surface area contributed by atoms with Gasteiger partial charge in [-0.15, -0.1) is 0 Å². The summed E-state index contributed by atoms with van der Waals surface area (Å²) >= 11 is 0. The summed E-state index contributed by atoms with van der Waals surface area (Å²) in [5, 5.41) is 1.13. The van der Waals surface area contributed by atoms with E-state index in [2.05, 4.69) is 28.3 Å². The van der Waals surface area contributed by atoms with Gasteiger partial charge in [0, 0.05) is 37.4 Å². The predicted octanol–water partition coefficient (Wildman–Crippen LogP) is 5.62. The highest BCUT2D eigenvalue weighted by Gasteiger charge is 2.18. The average Bonchev–Trinajstić information content (AvgIpc) is 2.95. The van der Waals surface area contributed by atoms with E-state index in [0.717, 1.165) is 33.5 Å². The molecule has 2 heterocycles. The molecule has 29 heavy (non-hydrogen) atoms. The van der Waals surface area contributed by atoms with Gasteiger partial charge in [0.2, 0.25) is 0 Å². The fraction of sp³-hybridized carbons (Fsp3) is 0.208. The van der Waals surface area contributed by atoms with E-state index in [-0.39, 0.29) is 11.6 Å². The lowest BCUT2D eigenvalue weighted by Gasteiger charge is -2.21. The van der Waals surface area contributed by atoms with E-state index in [0.29, 0.717) is 13.1 Å². The summed E-state index contributed by atoms with van der Waals surface area (Å²) in [6, 6.07) is 15.2. The average molecular weight is 391 g/mol. The first-order valence-corrected chi connectivity index (χ1v) is 9.58. The molecule has 0 unspecified atom stereocenters. The smallest absolute Gasteiger partial charge is 0.153 e. The van der Waals surface area contributed by atoms with Crippen molar-refractivity contribution < 1.29 is 8.78 Å². The number of hydrogen-bond acceptors (Lipinski definition) is 2. The molecule has 0 aliphatic rings. The lowest BCUT2D eigenvalue weighted by molar-refractivity contribution is 0.623. The van der Waals surface area contributed by atoms with Crippen LogP contribution in [-0.2, 0) is 13.1 Å². The number of fused-ring (bicyclic) bond motifs is 1. The molecule has 0 bridgehead atoms. The molecular weight excluding hydrogens is 368 g/mol. The van der Waals surface area contributed by atoms with Gasteiger partial charge >= 0.3 is 0 Å². The first-order valence-electron chi connectivity index (χ1n) is 9.58. The number of hydrogen-bond donors (Lipinski definition) is 0. The van der Waals surface area contributed by atoms with Crippen LogP contribution in [0.2, 0.25) is 0 Å². The fourth-order valence-corrected chi connectivity index (χ4v) is 3.81. The van der Waals surface area contributed by atoms with Gasteiger partial charge in [0.05, 0.1) is 5.52 Å². The molecule has 4 rings (SSSR count). The number of halogens is 2. The van der Waals surface area contributed by atoms with Gasteiger partial charge in [-0.25, -0.2) is 13.8 Å². The van der Waals surface area contributed by atoms with Gasteiger partial charge < -0.3 is 9.47 Å². The molecule has 2 aromatic heterocycles. The minimum Gasteiger partial charge on any atom is -0.354 e. The summed E-state index contributed by atoms with van der Waals surface area (Å²) in [6.07, 6.45) is 1.82. The fourth-order valence-electron chi connectivity index (χ4n) is 3.81. The highest BCUT2D eigenvalue weighted by atomic mass is 19.1. The van der Waals surface area contributed by atoms with Crippen LogP contribution in [-0.4, -0.2) is 16.6 Å². The number of aryl methyl sites for hydroxylation is 1. The van der Waals surface area contributed by atoms with Crippen molar-refractivity contribution in [2.45, 2.75) is 26.9 Å². The number of pyridine rings is 1. The maximum absolute atomic E-state index is 13.7. The van der Waals surface area contributed by atoms with E-state index in [1.165, 1.54) is 23.8 Å². The van der Waals surface area contributed by atoms with Gasteiger partial charge in [-0.2, -0.15) is 0 Å². The zero-order valence-corrected chi connectivity index (χ0v) is 16.8. The minimum absolute atomic E-state index is 0.236. The Morgan fingerprint density at radius 1 is 0.931 bits per heavy atom. The van der Waals surface area contributed by atoms with Crippen molar-refractivity contribution in [3.63, 3.8) is 0 Å². The molecule has 0 atom stereocenters. The normalized spacial score (nSPS) is 11.2. The quantitative estimate of drug-likeness (QED) is 0.440. The van der Waals surface area contributed by atoms with Gasteiger partial charge in [-0.05, 0) is 60.9 Å². The van der Waals surface area contributed by atoms with Crippen molar-refractivity contribution in [1.82, 2.24) is 9.55 Å². The molecule has 0 spiro atoms. The highest BCUT2D eigenvalue weighted by molar-refractivity contribution is 5.93. The molecule has 0 aliphatic heterocycles. The second-order valence-corrected chi connectivity index (χ2v) is 7.44. The van der Waals surface area contributed by atoms with E-state index in [1.54, 1.807) is 24.3 Å². The van der Waals surface area contributed by atoms with Crippen LogP contribution in [0.15, 0.2) is 60.8 Å². The molecule has 3 nitrogen and oxygen atoms in total. The summed E-state index contributed by atoms with van der Waals surface area (Å²) in [7, 11) is 1.98. The van der Waals surface area contributed by atoms with Crippen LogP contribution in [0.25, 0.3) is 10.9 Å². The van der Waals surface area contributed by atoms with Crippen LogP contribution in [0, 0.1) is 25.5 Å². The third-order valence-corrected chi connectivity index (χ3v) is 5.45. The van der Waals surface area contributed by atoms with Crippen LogP contribution >= 0.6 is 0 Å². The molecule has 4 aromatic rings. The van der Waals surface area contributed by atoms with Crippen molar-refractivity contribution in [3.8, 4) is 0 Å². The second kappa shape index (κ2) is 7.66. The molecule has 148 valence electrons. The van der Waals surface area contributed by atoms with Crippen molar-refractivity contribution in [1.29, 1.82) is 0 Å². The number of rotatable bonds is 5. The predicted molar refractivity (Wildman–Crippen MR) is 113 cm³/mol. The lowest BCUT2D eigenvalue weighted by atomic mass is 10.2. The SMILES string of the molecule is Cc1c(C)n(Cc2cccc(F)c2)c2c(N(C)Cc3ccc(F)cc3)nccc12. The van der Waals surface area contributed by atoms with Gasteiger partial charge in [0.25, 0.3) is 0 Å². The number of aromatic nitrogens is 2. The Bertz CT molecular complexity index is 1160. The molecule has 0 N–H and O–H groups in total. The summed E-state index contributed by atoms with van der Waals surface area (Å²) in [6.45, 7) is 5.36. The zero-order chi connectivity index (χ0) is 20.5. The van der Waals surface area contributed by atoms with Crippen molar-refractivity contribution in [2.24, 2.45) is 0 Å². The molecule has 0 aliphatic carbocycles. The first-order chi connectivity index (χ1) is 13.9. The van der Waals surface area contributed by atoms with Gasteiger partial charge in [0.15, 0.2) is 5.82 Å². The van der Waals surface area contributed by atoms with E-state index in [4.69, 9.17) is 0 Å². The number of anilines is 1. The van der Waals surface area contributed by atoms with E-state index >= 15 is 0 Å². The Morgan fingerprint density at radius 2 is 1.69 bits per heavy atom. The molecule has 5 heteroatoms. The molecular formula is C24H23F2N3. The van der Waals surface area contributed by atoms with Crippen LogP contribution in [0.1, 0.15) is 22.4 Å². The Hall–Kier alpha value is -3.21. The van der Waals surface area contributed by atoms with Crippen LogP contribution in [0.4, 0.5) is 14.6 Å². The van der Waals surface area contributed by atoms with Crippen molar-refractivity contribution >= 4 is 16.7 Å². The van der Waals surface area contributed by atoms with E-state index in [1.807, 2.05) is 25.4 Å². The van der Waals surface area contributed by atoms with E-state index < -0.39 is 0 Å².